The van der Waals surface area contributed by atoms with Crippen LogP contribution in [0.25, 0.3) is 0 Å². The van der Waals surface area contributed by atoms with Crippen LogP contribution in [0.5, 0.6) is 0 Å². The van der Waals surface area contributed by atoms with E-state index in [9.17, 15) is 12.8 Å². The Hall–Kier alpha value is -0.690. The minimum Gasteiger partial charge on any atom is -0.327 e. The van der Waals surface area contributed by atoms with E-state index >= 15 is 0 Å². The van der Waals surface area contributed by atoms with Gasteiger partial charge in [0.05, 0.1) is 5.02 Å². The third-order valence-electron chi connectivity index (χ3n) is 2.24. The zero-order chi connectivity index (χ0) is 13.1. The number of hydrogen-bond acceptors (Lipinski definition) is 3. The molecule has 0 spiro atoms. The molecule has 0 aliphatic rings. The molecule has 1 aromatic carbocycles. The minimum absolute atomic E-state index is 0.118. The lowest BCUT2D eigenvalue weighted by molar-refractivity contribution is 0.563. The van der Waals surface area contributed by atoms with Crippen molar-refractivity contribution in [3.63, 3.8) is 0 Å². The summed E-state index contributed by atoms with van der Waals surface area (Å²) in [5.74, 6) is -0.584. The molecule has 17 heavy (non-hydrogen) atoms. The first-order valence-corrected chi connectivity index (χ1v) is 6.93. The lowest BCUT2D eigenvalue weighted by atomic mass is 10.2. The Morgan fingerprint density at radius 2 is 2.18 bits per heavy atom. The molecule has 0 aliphatic heterocycles. The second-order valence-corrected chi connectivity index (χ2v) is 5.74. The van der Waals surface area contributed by atoms with Gasteiger partial charge in [0, 0.05) is 12.6 Å². The van der Waals surface area contributed by atoms with Crippen molar-refractivity contribution in [3.05, 3.63) is 29.0 Å². The van der Waals surface area contributed by atoms with Gasteiger partial charge in [0.25, 0.3) is 0 Å². The molecule has 0 heterocycles. The number of nitrogens with one attached hydrogen (secondary N) is 1. The molecule has 1 aromatic rings. The summed E-state index contributed by atoms with van der Waals surface area (Å²) in [5.41, 5.74) is 5.60. The fourth-order valence-electron chi connectivity index (χ4n) is 1.13. The van der Waals surface area contributed by atoms with Gasteiger partial charge in [0.1, 0.15) is 10.7 Å². The van der Waals surface area contributed by atoms with Crippen molar-refractivity contribution in [3.8, 4) is 0 Å². The zero-order valence-electron chi connectivity index (χ0n) is 9.28. The van der Waals surface area contributed by atoms with E-state index in [-0.39, 0.29) is 22.5 Å². The molecule has 0 aromatic heterocycles. The molecular weight excluding hydrogens is 267 g/mol. The summed E-state index contributed by atoms with van der Waals surface area (Å²) in [6.45, 7) is 1.97. The molecule has 0 saturated carbocycles. The summed E-state index contributed by atoms with van der Waals surface area (Å²) in [5, 5.41) is -0.150. The van der Waals surface area contributed by atoms with Crippen LogP contribution in [0.3, 0.4) is 0 Å². The Morgan fingerprint density at radius 1 is 1.53 bits per heavy atom. The van der Waals surface area contributed by atoms with E-state index in [0.29, 0.717) is 6.42 Å². The molecule has 0 amide bonds. The van der Waals surface area contributed by atoms with E-state index in [1.54, 1.807) is 0 Å². The van der Waals surface area contributed by atoms with Crippen molar-refractivity contribution in [2.24, 2.45) is 5.73 Å². The first-order chi connectivity index (χ1) is 7.86. The highest BCUT2D eigenvalue weighted by molar-refractivity contribution is 7.89. The highest BCUT2D eigenvalue weighted by Gasteiger charge is 2.18. The fraction of sp³-hybridized carbons (Fsp3) is 0.400. The van der Waals surface area contributed by atoms with Crippen molar-refractivity contribution in [1.82, 2.24) is 4.72 Å². The Labute approximate surface area is 105 Å². The minimum atomic E-state index is -3.74. The molecule has 4 nitrogen and oxygen atoms in total. The molecule has 1 unspecified atom stereocenters. The summed E-state index contributed by atoms with van der Waals surface area (Å²) in [6.07, 6.45) is 0.652. The number of nitrogens with two attached hydrogens (primary N) is 1. The van der Waals surface area contributed by atoms with Crippen molar-refractivity contribution in [2.75, 3.05) is 6.54 Å². The number of sulfonamides is 1. The van der Waals surface area contributed by atoms with Crippen LogP contribution in [0.15, 0.2) is 23.1 Å². The van der Waals surface area contributed by atoms with Gasteiger partial charge in [0.2, 0.25) is 10.0 Å². The lowest BCUT2D eigenvalue weighted by Gasteiger charge is -2.11. The third kappa shape index (κ3) is 3.92. The summed E-state index contributed by atoms with van der Waals surface area (Å²) < 4.78 is 38.7. The first-order valence-electron chi connectivity index (χ1n) is 5.07. The lowest BCUT2D eigenvalue weighted by Crippen LogP contribution is -2.36. The van der Waals surface area contributed by atoms with Crippen LogP contribution in [0, 0.1) is 5.82 Å². The largest absolute Gasteiger partial charge is 0.327 e. The first kappa shape index (κ1) is 14.4. The Kier molecular flexibility index (Phi) is 4.88. The summed E-state index contributed by atoms with van der Waals surface area (Å²) in [4.78, 5) is -0.149. The van der Waals surface area contributed by atoms with Gasteiger partial charge in [-0.05, 0) is 24.6 Å². The van der Waals surface area contributed by atoms with Crippen LogP contribution in [0.4, 0.5) is 4.39 Å². The Morgan fingerprint density at radius 3 is 2.71 bits per heavy atom. The van der Waals surface area contributed by atoms with Crippen LogP contribution in [0.2, 0.25) is 5.02 Å². The summed E-state index contributed by atoms with van der Waals surface area (Å²) in [7, 11) is -3.74. The van der Waals surface area contributed by atoms with E-state index in [1.165, 1.54) is 0 Å². The van der Waals surface area contributed by atoms with Crippen LogP contribution >= 0.6 is 11.6 Å². The van der Waals surface area contributed by atoms with Gasteiger partial charge in [-0.15, -0.1) is 0 Å². The summed E-state index contributed by atoms with van der Waals surface area (Å²) in [6, 6.07) is 2.86. The molecule has 7 heteroatoms. The molecular formula is C10H14ClFN2O2S. The topological polar surface area (TPSA) is 72.2 Å². The molecule has 0 aliphatic carbocycles. The van der Waals surface area contributed by atoms with Crippen LogP contribution in [0.1, 0.15) is 13.3 Å². The standard InChI is InChI=1S/C10H14ClFN2O2S/c1-2-8(13)6-14-17(15,16)10-4-3-7(12)5-9(10)11/h3-5,8,14H,2,6,13H2,1H3. The van der Waals surface area contributed by atoms with Crippen molar-refractivity contribution < 1.29 is 12.8 Å². The van der Waals surface area contributed by atoms with Crippen LogP contribution in [-0.2, 0) is 10.0 Å². The van der Waals surface area contributed by atoms with E-state index in [1.807, 2.05) is 6.92 Å². The van der Waals surface area contributed by atoms with E-state index in [4.69, 9.17) is 17.3 Å². The van der Waals surface area contributed by atoms with Gasteiger partial charge in [-0.25, -0.2) is 17.5 Å². The monoisotopic (exact) mass is 280 g/mol. The smallest absolute Gasteiger partial charge is 0.242 e. The summed E-state index contributed by atoms with van der Waals surface area (Å²) >= 11 is 5.67. The maximum absolute atomic E-state index is 12.8. The quantitative estimate of drug-likeness (QED) is 0.858. The van der Waals surface area contributed by atoms with Gasteiger partial charge < -0.3 is 5.73 Å². The van der Waals surface area contributed by atoms with E-state index in [0.717, 1.165) is 18.2 Å². The maximum atomic E-state index is 12.8. The second-order valence-electron chi connectivity index (χ2n) is 3.59. The van der Waals surface area contributed by atoms with Gasteiger partial charge in [-0.3, -0.25) is 0 Å². The Balaban J connectivity index is 2.90. The van der Waals surface area contributed by atoms with Gasteiger partial charge in [-0.2, -0.15) is 0 Å². The molecule has 3 N–H and O–H groups in total. The van der Waals surface area contributed by atoms with Crippen molar-refractivity contribution >= 4 is 21.6 Å². The molecule has 96 valence electrons. The predicted octanol–water partition coefficient (Wildman–Crippen LogP) is 1.49. The average molecular weight is 281 g/mol. The maximum Gasteiger partial charge on any atom is 0.242 e. The van der Waals surface area contributed by atoms with Gasteiger partial charge >= 0.3 is 0 Å². The van der Waals surface area contributed by atoms with Crippen LogP contribution in [-0.4, -0.2) is 21.0 Å². The van der Waals surface area contributed by atoms with Crippen LogP contribution < -0.4 is 10.5 Å². The second kappa shape index (κ2) is 5.77. The number of halogens is 2. The predicted molar refractivity (Wildman–Crippen MR) is 64.9 cm³/mol. The van der Waals surface area contributed by atoms with Crippen molar-refractivity contribution in [1.29, 1.82) is 0 Å². The Bertz CT molecular complexity index is 493. The number of rotatable bonds is 5. The van der Waals surface area contributed by atoms with E-state index < -0.39 is 15.8 Å². The van der Waals surface area contributed by atoms with Gasteiger partial charge in [-0.1, -0.05) is 18.5 Å². The molecule has 1 rings (SSSR count). The molecule has 0 fully saturated rings. The SMILES string of the molecule is CCC(N)CNS(=O)(=O)c1ccc(F)cc1Cl. The highest BCUT2D eigenvalue weighted by Crippen LogP contribution is 2.21. The van der Waals surface area contributed by atoms with Crippen molar-refractivity contribution in [2.45, 2.75) is 24.3 Å². The molecule has 0 radical (unpaired) electrons. The zero-order valence-corrected chi connectivity index (χ0v) is 10.9. The van der Waals surface area contributed by atoms with Gasteiger partial charge in [0.15, 0.2) is 0 Å². The normalized spacial score (nSPS) is 13.6. The highest BCUT2D eigenvalue weighted by atomic mass is 35.5. The molecule has 1 atom stereocenters. The fourth-order valence-corrected chi connectivity index (χ4v) is 2.76. The molecule has 0 saturated heterocycles. The van der Waals surface area contributed by atoms with E-state index in [2.05, 4.69) is 4.72 Å². The average Bonchev–Trinajstić information content (AvgIpc) is 2.25. The molecule has 0 bridgehead atoms. The number of benzene rings is 1. The third-order valence-corrected chi connectivity index (χ3v) is 4.15. The number of hydrogen-bond donors (Lipinski definition) is 2.